The highest BCUT2D eigenvalue weighted by Gasteiger charge is 2.18. The molecule has 0 aliphatic heterocycles. The fourth-order valence-electron chi connectivity index (χ4n) is 2.61. The van der Waals surface area contributed by atoms with Gasteiger partial charge in [-0.25, -0.2) is 0 Å². The number of hydrogen-bond acceptors (Lipinski definition) is 1. The Labute approximate surface area is 122 Å². The van der Waals surface area contributed by atoms with E-state index in [1.165, 1.54) is 27.6 Å². The zero-order chi connectivity index (χ0) is 14.7. The van der Waals surface area contributed by atoms with E-state index in [0.717, 1.165) is 6.16 Å². The molecule has 0 amide bonds. The first-order valence-electron chi connectivity index (χ1n) is 6.89. The van der Waals surface area contributed by atoms with Crippen molar-refractivity contribution in [3.63, 3.8) is 0 Å². The summed E-state index contributed by atoms with van der Waals surface area (Å²) in [7, 11) is -0.772. The first-order chi connectivity index (χ1) is 9.49. The second-order valence-electron chi connectivity index (χ2n) is 5.32. The molecule has 0 saturated heterocycles. The van der Waals surface area contributed by atoms with Crippen LogP contribution in [0.1, 0.15) is 29.2 Å². The highest BCUT2D eigenvalue weighted by Crippen LogP contribution is 2.41. The van der Waals surface area contributed by atoms with Gasteiger partial charge in [-0.3, -0.25) is 4.79 Å². The second kappa shape index (κ2) is 6.33. The summed E-state index contributed by atoms with van der Waals surface area (Å²) in [6.45, 7) is 8.13. The molecule has 0 aromatic heterocycles. The molecule has 0 bridgehead atoms. The van der Waals surface area contributed by atoms with Gasteiger partial charge in [0.2, 0.25) is 0 Å². The number of benzene rings is 2. The topological polar surface area (TPSA) is 17.1 Å². The van der Waals surface area contributed by atoms with E-state index in [0.29, 0.717) is 5.52 Å². The van der Waals surface area contributed by atoms with Crippen molar-refractivity contribution in [2.75, 3.05) is 0 Å². The second-order valence-corrected chi connectivity index (χ2v) is 7.64. The van der Waals surface area contributed by atoms with Crippen molar-refractivity contribution in [1.29, 1.82) is 0 Å². The summed E-state index contributed by atoms with van der Waals surface area (Å²) in [5, 5.41) is 1.18. The molecule has 1 nitrogen and oxygen atoms in total. The minimum Gasteiger partial charge on any atom is -0.295 e. The van der Waals surface area contributed by atoms with E-state index in [2.05, 4.69) is 45.0 Å². The smallest absolute Gasteiger partial charge is 0.156 e. The minimum atomic E-state index is -0.772. The van der Waals surface area contributed by atoms with E-state index < -0.39 is 7.92 Å². The Morgan fingerprint density at radius 2 is 1.55 bits per heavy atom. The number of carbonyl (C=O) groups is 1. The fraction of sp³-hybridized carbons (Fsp3) is 0.278. The van der Waals surface area contributed by atoms with E-state index >= 15 is 0 Å². The van der Waals surface area contributed by atoms with Crippen molar-refractivity contribution in [3.05, 3.63) is 64.7 Å². The van der Waals surface area contributed by atoms with Gasteiger partial charge >= 0.3 is 0 Å². The quantitative estimate of drug-likeness (QED) is 0.757. The first kappa shape index (κ1) is 14.9. The monoisotopic (exact) mass is 284 g/mol. The molecular formula is C18H21OP. The fourth-order valence-corrected chi connectivity index (χ4v) is 4.73. The molecule has 1 unspecified atom stereocenters. The molecule has 104 valence electrons. The van der Waals surface area contributed by atoms with Crippen LogP contribution in [0.25, 0.3) is 0 Å². The van der Waals surface area contributed by atoms with E-state index in [4.69, 9.17) is 0 Å². The lowest BCUT2D eigenvalue weighted by atomic mass is 10.0. The van der Waals surface area contributed by atoms with Crippen molar-refractivity contribution in [3.8, 4) is 0 Å². The van der Waals surface area contributed by atoms with Crippen molar-refractivity contribution in [2.24, 2.45) is 0 Å². The van der Waals surface area contributed by atoms with Gasteiger partial charge in [0.05, 0.1) is 0 Å². The number of rotatable bonds is 4. The first-order valence-corrected chi connectivity index (χ1v) is 8.41. The Morgan fingerprint density at radius 3 is 2.05 bits per heavy atom. The largest absolute Gasteiger partial charge is 0.295 e. The Kier molecular flexibility index (Phi) is 4.73. The maximum Gasteiger partial charge on any atom is 0.156 e. The summed E-state index contributed by atoms with van der Waals surface area (Å²) in [6.07, 6.45) is 0.854. The number of carbonyl (C=O) groups excluding carboxylic acids is 1. The van der Waals surface area contributed by atoms with Crippen LogP contribution >= 0.6 is 7.92 Å². The van der Waals surface area contributed by atoms with Gasteiger partial charge in [-0.05, 0) is 57.6 Å². The van der Waals surface area contributed by atoms with Gasteiger partial charge in [0, 0.05) is 6.16 Å². The van der Waals surface area contributed by atoms with Gasteiger partial charge in [-0.2, -0.15) is 0 Å². The van der Waals surface area contributed by atoms with Gasteiger partial charge in [0.1, 0.15) is 0 Å². The summed E-state index contributed by atoms with van der Waals surface area (Å²) in [6, 6.07) is 14.6. The molecule has 0 saturated carbocycles. The normalized spacial score (nSPS) is 12.2. The lowest BCUT2D eigenvalue weighted by molar-refractivity contribution is -0.109. The summed E-state index contributed by atoms with van der Waals surface area (Å²) in [5.41, 5.74) is 5.52. The highest BCUT2D eigenvalue weighted by molar-refractivity contribution is 7.80. The molecule has 2 heteroatoms. The zero-order valence-electron chi connectivity index (χ0n) is 12.6. The van der Waals surface area contributed by atoms with Crippen LogP contribution in [0.2, 0.25) is 0 Å². The predicted octanol–water partition coefficient (Wildman–Crippen LogP) is 4.47. The molecule has 0 heterocycles. The molecule has 0 radical (unpaired) electrons. The van der Waals surface area contributed by atoms with Crippen LogP contribution < -0.4 is 5.30 Å². The van der Waals surface area contributed by atoms with Crippen molar-refractivity contribution in [2.45, 2.75) is 33.9 Å². The average molecular weight is 284 g/mol. The van der Waals surface area contributed by atoms with Crippen LogP contribution in [-0.4, -0.2) is 5.52 Å². The van der Waals surface area contributed by atoms with E-state index in [1.807, 2.05) is 18.2 Å². The van der Waals surface area contributed by atoms with Crippen LogP contribution in [0.5, 0.6) is 0 Å². The Hall–Kier alpha value is -1.46. The maximum atomic E-state index is 12.1. The molecule has 0 N–H and O–H groups in total. The molecule has 0 spiro atoms. The molecule has 0 fully saturated rings. The highest BCUT2D eigenvalue weighted by atomic mass is 31.1. The summed E-state index contributed by atoms with van der Waals surface area (Å²) in [5.74, 6) is 0. The Morgan fingerprint density at radius 1 is 1.00 bits per heavy atom. The van der Waals surface area contributed by atoms with Gasteiger partial charge in [-0.15, -0.1) is 0 Å². The molecule has 0 aliphatic rings. The third-order valence-electron chi connectivity index (χ3n) is 3.60. The predicted molar refractivity (Wildman–Crippen MR) is 88.0 cm³/mol. The molecular weight excluding hydrogens is 263 g/mol. The van der Waals surface area contributed by atoms with E-state index in [1.54, 1.807) is 6.92 Å². The van der Waals surface area contributed by atoms with E-state index in [9.17, 15) is 4.79 Å². The van der Waals surface area contributed by atoms with Crippen LogP contribution in [0.3, 0.4) is 0 Å². The van der Waals surface area contributed by atoms with Crippen LogP contribution in [0.4, 0.5) is 0 Å². The SMILES string of the molecule is CC(=O)P(Cc1c(C)cc(C)cc1C)c1ccccc1. The summed E-state index contributed by atoms with van der Waals surface area (Å²) >= 11 is 0. The van der Waals surface area contributed by atoms with Gasteiger partial charge < -0.3 is 0 Å². The molecule has 0 aliphatic carbocycles. The average Bonchev–Trinajstić information content (AvgIpc) is 2.38. The third-order valence-corrected chi connectivity index (χ3v) is 5.92. The summed E-state index contributed by atoms with van der Waals surface area (Å²) in [4.78, 5) is 12.1. The van der Waals surface area contributed by atoms with Crippen molar-refractivity contribution in [1.82, 2.24) is 0 Å². The zero-order valence-corrected chi connectivity index (χ0v) is 13.5. The standard InChI is InChI=1S/C18H21OP/c1-13-10-14(2)18(15(3)11-13)12-20(16(4)19)17-8-6-5-7-9-17/h5-11H,12H2,1-4H3. The molecule has 2 rings (SSSR count). The van der Waals surface area contributed by atoms with E-state index in [-0.39, 0.29) is 0 Å². The lowest BCUT2D eigenvalue weighted by Gasteiger charge is -2.18. The lowest BCUT2D eigenvalue weighted by Crippen LogP contribution is -2.09. The third kappa shape index (κ3) is 3.35. The molecule has 1 atom stereocenters. The number of aryl methyl sites for hydroxylation is 3. The maximum absolute atomic E-state index is 12.1. The van der Waals surface area contributed by atoms with Gasteiger partial charge in [-0.1, -0.05) is 48.0 Å². The number of hydrogen-bond donors (Lipinski definition) is 0. The van der Waals surface area contributed by atoms with Gasteiger partial charge in [0.25, 0.3) is 0 Å². The molecule has 2 aromatic carbocycles. The van der Waals surface area contributed by atoms with Crippen LogP contribution in [0, 0.1) is 20.8 Å². The Balaban J connectivity index is 2.38. The van der Waals surface area contributed by atoms with Crippen LogP contribution in [0.15, 0.2) is 42.5 Å². The Bertz CT molecular complexity index is 594. The summed E-state index contributed by atoms with van der Waals surface area (Å²) < 4.78 is 0. The van der Waals surface area contributed by atoms with Crippen LogP contribution in [-0.2, 0) is 11.0 Å². The van der Waals surface area contributed by atoms with Gasteiger partial charge in [0.15, 0.2) is 5.52 Å². The molecule has 2 aromatic rings. The minimum absolute atomic E-state index is 0.297. The van der Waals surface area contributed by atoms with Crippen molar-refractivity contribution >= 4 is 18.8 Å². The van der Waals surface area contributed by atoms with Crippen molar-refractivity contribution < 1.29 is 4.79 Å². The molecule has 20 heavy (non-hydrogen) atoms.